The average Bonchev–Trinajstić information content (AvgIpc) is 0. The maximum absolute atomic E-state index is 0. The van der Waals surface area contributed by atoms with E-state index in [-0.39, 0.29) is 95.4 Å². The Balaban J connectivity index is 0. The Hall–Kier alpha value is 2.78. The summed E-state index contributed by atoms with van der Waals surface area (Å²) in [6.07, 6.45) is 0. The molecule has 0 N–H and O–H groups in total. The first-order chi connectivity index (χ1) is 0. The van der Waals surface area contributed by atoms with E-state index < -0.39 is 0 Å². The first-order valence-electron chi connectivity index (χ1n) is 0. The molecule has 0 aromatic carbocycles. The normalized spacial score (nSPS) is 0. The Morgan fingerprint density at radius 2 is 1.00 bits per heavy atom. The zero-order valence-electron chi connectivity index (χ0n) is 1.68. The smallest absolute Gasteiger partial charge is 0 e. The van der Waals surface area contributed by atoms with Crippen molar-refractivity contribution in [3.05, 3.63) is 0 Å². The molecule has 0 atom stereocenters. The second-order valence-corrected chi connectivity index (χ2v) is 0. The third kappa shape index (κ3) is 29.3. The van der Waals surface area contributed by atoms with Crippen LogP contribution in [-0.4, -0.2) is 11.0 Å². The molecule has 0 nitrogen and oxygen atoms in total. The summed E-state index contributed by atoms with van der Waals surface area (Å²) in [5, 5.41) is 0. The van der Waals surface area contributed by atoms with Crippen LogP contribution in [0.25, 0.3) is 0 Å². The maximum atomic E-state index is 0. The second kappa shape index (κ2) is 46.3. The van der Waals surface area contributed by atoms with Gasteiger partial charge in [0.25, 0.3) is 0 Å². The molecule has 0 saturated carbocycles. The second-order valence-electron chi connectivity index (χ2n) is 0. The number of hydrogen-bond donors (Lipinski definition) is 0. The van der Waals surface area contributed by atoms with E-state index in [0.717, 1.165) is 0 Å². The SMILES string of the molecule is [Co].[Cu].[Fe].[Mn].[Ni].[SiH4]. The summed E-state index contributed by atoms with van der Waals surface area (Å²) in [5.41, 5.74) is 0. The molecular weight excluding hydrogens is 320 g/mol. The summed E-state index contributed by atoms with van der Waals surface area (Å²) in [6.45, 7) is 0. The molecule has 0 rings (SSSR count). The molecule has 0 bridgehead atoms. The van der Waals surface area contributed by atoms with Gasteiger partial charge in [0.2, 0.25) is 0 Å². The molecule has 0 aromatic rings. The Morgan fingerprint density at radius 3 is 1.00 bits per heavy atom. The molecule has 0 unspecified atom stereocenters. The summed E-state index contributed by atoms with van der Waals surface area (Å²) in [6, 6.07) is 0. The summed E-state index contributed by atoms with van der Waals surface area (Å²) in [7, 11) is 0. The molecule has 0 spiro atoms. The van der Waals surface area contributed by atoms with Gasteiger partial charge in [0.05, 0.1) is 0 Å². The van der Waals surface area contributed by atoms with E-state index in [9.17, 15) is 0 Å². The summed E-state index contributed by atoms with van der Waals surface area (Å²) < 4.78 is 0. The molecule has 6 heavy (non-hydrogen) atoms. The van der Waals surface area contributed by atoms with Crippen LogP contribution in [0.2, 0.25) is 0 Å². The van der Waals surface area contributed by atoms with Gasteiger partial charge in [-0.05, 0) is 11.0 Å². The quantitative estimate of drug-likeness (QED) is 0.478. The Bertz CT molecular complexity index is 15.5. The Morgan fingerprint density at radius 1 is 1.00 bits per heavy atom. The van der Waals surface area contributed by atoms with Gasteiger partial charge in [-0.15, -0.1) is 0 Å². The van der Waals surface area contributed by atoms with Gasteiger partial charge in [0.1, 0.15) is 0 Å². The molecule has 0 aliphatic rings. The van der Waals surface area contributed by atoms with Crippen LogP contribution in [0.3, 0.4) is 0 Å². The average molecular weight is 324 g/mol. The van der Waals surface area contributed by atoms with Gasteiger partial charge >= 0.3 is 0 Å². The number of hydrogen-bond acceptors (Lipinski definition) is 0. The minimum atomic E-state index is 0. The Labute approximate surface area is 94.3 Å². The molecule has 0 heterocycles. The van der Waals surface area contributed by atoms with Crippen LogP contribution in [0, 0.1) is 0 Å². The topological polar surface area (TPSA) is 0 Å². The number of rotatable bonds is 0. The van der Waals surface area contributed by atoms with E-state index >= 15 is 0 Å². The van der Waals surface area contributed by atoms with Crippen molar-refractivity contribution in [2.24, 2.45) is 0 Å². The minimum Gasteiger partial charge on any atom is -0.0149 e. The van der Waals surface area contributed by atoms with E-state index in [1.807, 2.05) is 0 Å². The molecule has 0 amide bonds. The monoisotopic (exact) mass is 323 g/mol. The molecule has 53 valence electrons. The maximum Gasteiger partial charge on any atom is 0 e. The molecular formula is H4CoCuFeMnNiSi. The molecule has 6 heteroatoms. The first kappa shape index (κ1) is 68.9. The molecule has 0 aliphatic heterocycles. The van der Waals surface area contributed by atoms with Crippen LogP contribution in [-0.2, 0) is 84.5 Å². The van der Waals surface area contributed by atoms with Gasteiger partial charge < -0.3 is 0 Å². The van der Waals surface area contributed by atoms with Crippen LogP contribution in [0.4, 0.5) is 0 Å². The summed E-state index contributed by atoms with van der Waals surface area (Å²) >= 11 is 0. The third-order valence-corrected chi connectivity index (χ3v) is 0. The predicted octanol–water partition coefficient (Wildman–Crippen LogP) is -1.46. The van der Waals surface area contributed by atoms with E-state index in [4.69, 9.17) is 0 Å². The van der Waals surface area contributed by atoms with E-state index in [1.165, 1.54) is 0 Å². The van der Waals surface area contributed by atoms with Crippen molar-refractivity contribution in [1.29, 1.82) is 0 Å². The molecule has 3 radical (unpaired) electrons. The zero-order valence-corrected chi connectivity index (χ0v) is 6.94. The van der Waals surface area contributed by atoms with Gasteiger partial charge in [0, 0.05) is 84.5 Å². The summed E-state index contributed by atoms with van der Waals surface area (Å²) in [4.78, 5) is 0. The van der Waals surface area contributed by atoms with Crippen LogP contribution in [0.5, 0.6) is 0 Å². The van der Waals surface area contributed by atoms with Gasteiger partial charge in [0.15, 0.2) is 0 Å². The van der Waals surface area contributed by atoms with E-state index in [1.54, 1.807) is 0 Å². The fourth-order valence-electron chi connectivity index (χ4n) is 0. The Kier molecular flexibility index (Phi) is 532. The van der Waals surface area contributed by atoms with Gasteiger partial charge in [-0.1, -0.05) is 0 Å². The third-order valence-electron chi connectivity index (χ3n) is 0. The fraction of sp³-hybridized carbons (Fsp3) is 0. The van der Waals surface area contributed by atoms with Crippen molar-refractivity contribution in [2.45, 2.75) is 0 Å². The van der Waals surface area contributed by atoms with Crippen LogP contribution in [0.15, 0.2) is 0 Å². The van der Waals surface area contributed by atoms with Crippen LogP contribution < -0.4 is 0 Å². The predicted molar refractivity (Wildman–Crippen MR) is 11.3 cm³/mol. The van der Waals surface area contributed by atoms with Gasteiger partial charge in [-0.3, -0.25) is 0 Å². The molecule has 0 aliphatic carbocycles. The van der Waals surface area contributed by atoms with Crippen molar-refractivity contribution in [2.75, 3.05) is 0 Å². The van der Waals surface area contributed by atoms with E-state index in [0.29, 0.717) is 0 Å². The van der Waals surface area contributed by atoms with E-state index in [2.05, 4.69) is 0 Å². The minimum absolute atomic E-state index is 0. The molecule has 0 aromatic heterocycles. The largest absolute Gasteiger partial charge is 0.0149 e. The van der Waals surface area contributed by atoms with Crippen LogP contribution in [0.1, 0.15) is 0 Å². The van der Waals surface area contributed by atoms with Crippen molar-refractivity contribution >= 4 is 11.0 Å². The molecule has 0 fully saturated rings. The van der Waals surface area contributed by atoms with Gasteiger partial charge in [-0.2, -0.15) is 0 Å². The van der Waals surface area contributed by atoms with Crippen molar-refractivity contribution in [1.82, 2.24) is 0 Å². The standard InChI is InChI=1S/Co.Cu.Fe.Mn.Ni.H4Si/h;;;;;1H4. The summed E-state index contributed by atoms with van der Waals surface area (Å²) in [5.74, 6) is 0. The first-order valence-corrected chi connectivity index (χ1v) is 0. The fourth-order valence-corrected chi connectivity index (χ4v) is 0. The van der Waals surface area contributed by atoms with Gasteiger partial charge in [-0.25, -0.2) is 0 Å². The molecule has 0 saturated heterocycles. The zero-order chi connectivity index (χ0) is 0. The van der Waals surface area contributed by atoms with Crippen molar-refractivity contribution < 1.29 is 84.5 Å². The van der Waals surface area contributed by atoms with Crippen molar-refractivity contribution in [3.63, 3.8) is 0 Å². The van der Waals surface area contributed by atoms with Crippen molar-refractivity contribution in [3.8, 4) is 0 Å². The van der Waals surface area contributed by atoms with Crippen LogP contribution >= 0.6 is 0 Å².